The van der Waals surface area contributed by atoms with Crippen LogP contribution >= 0.6 is 11.8 Å². The normalized spacial score (nSPS) is 14.0. The Labute approximate surface area is 205 Å². The summed E-state index contributed by atoms with van der Waals surface area (Å²) in [5, 5.41) is 25.9. The molecular weight excluding hydrogens is 478 g/mol. The SMILES string of the molecule is CCN(CCOc1cc(=O)[nH]nc1Cc1ccccc1)C(=O)O.O=CN1CCCSC1=C[N+](=O)[O-]. The van der Waals surface area contributed by atoms with Crippen LogP contribution in [0.2, 0.25) is 0 Å². The Hall–Kier alpha value is -3.87. The molecule has 1 fully saturated rings. The lowest BCUT2D eigenvalue weighted by Gasteiger charge is -2.22. The van der Waals surface area contributed by atoms with E-state index in [0.717, 1.165) is 23.9 Å². The Kier molecular flexibility index (Phi) is 11.3. The average molecular weight is 506 g/mol. The van der Waals surface area contributed by atoms with Crippen LogP contribution in [0.3, 0.4) is 0 Å². The zero-order chi connectivity index (χ0) is 25.6. The number of thioether (sulfide) groups is 1. The van der Waals surface area contributed by atoms with Gasteiger partial charge in [-0.2, -0.15) is 5.10 Å². The molecular formula is C22H27N5O7S. The van der Waals surface area contributed by atoms with E-state index in [1.165, 1.54) is 27.6 Å². The van der Waals surface area contributed by atoms with Gasteiger partial charge in [-0.05, 0) is 18.9 Å². The molecule has 0 unspecified atom stereocenters. The van der Waals surface area contributed by atoms with Crippen LogP contribution in [0.5, 0.6) is 5.75 Å². The second-order valence-corrected chi connectivity index (χ2v) is 8.28. The van der Waals surface area contributed by atoms with Crippen LogP contribution in [-0.2, 0) is 11.2 Å². The van der Waals surface area contributed by atoms with Crippen LogP contribution in [0.1, 0.15) is 24.6 Å². The van der Waals surface area contributed by atoms with Crippen molar-refractivity contribution in [1.29, 1.82) is 0 Å². The van der Waals surface area contributed by atoms with E-state index >= 15 is 0 Å². The van der Waals surface area contributed by atoms with Crippen molar-refractivity contribution in [2.75, 3.05) is 32.0 Å². The summed E-state index contributed by atoms with van der Waals surface area (Å²) in [6.45, 7) is 3.10. The maximum atomic E-state index is 11.5. The molecule has 3 rings (SSSR count). The first kappa shape index (κ1) is 27.4. The van der Waals surface area contributed by atoms with E-state index in [4.69, 9.17) is 9.84 Å². The molecule has 1 aliphatic rings. The fourth-order valence-corrected chi connectivity index (χ4v) is 3.96. The maximum absolute atomic E-state index is 11.5. The first-order valence-electron chi connectivity index (χ1n) is 10.8. The van der Waals surface area contributed by atoms with Gasteiger partial charge in [-0.3, -0.25) is 19.7 Å². The molecule has 1 saturated heterocycles. The lowest BCUT2D eigenvalue weighted by atomic mass is 10.1. The minimum atomic E-state index is -0.996. The number of ether oxygens (including phenoxy) is 1. The summed E-state index contributed by atoms with van der Waals surface area (Å²) >= 11 is 1.34. The third-order valence-corrected chi connectivity index (χ3v) is 5.88. The summed E-state index contributed by atoms with van der Waals surface area (Å²) in [6, 6.07) is 11.0. The van der Waals surface area contributed by atoms with Crippen molar-refractivity contribution in [1.82, 2.24) is 20.0 Å². The van der Waals surface area contributed by atoms with Crippen molar-refractivity contribution in [3.05, 3.63) is 79.4 Å². The van der Waals surface area contributed by atoms with Crippen molar-refractivity contribution >= 4 is 24.3 Å². The Morgan fingerprint density at radius 3 is 2.77 bits per heavy atom. The minimum Gasteiger partial charge on any atom is -0.490 e. The summed E-state index contributed by atoms with van der Waals surface area (Å²) in [4.78, 5) is 44.9. The standard InChI is InChI=1S/C16H19N3O4.C6H8N2O3S/c1-2-19(16(21)22)8-9-23-14-11-15(20)18-17-13(14)10-12-6-4-3-5-7-12;9-5-7-2-1-3-12-6(7)4-8(10)11/h3-7,11H,2,8-10H2,1H3,(H,18,20)(H,21,22);4-5H,1-3H2. The number of hydrogen-bond acceptors (Lipinski definition) is 8. The highest BCUT2D eigenvalue weighted by atomic mass is 32.2. The number of likely N-dealkylation sites (N-methyl/N-ethyl adjacent to an activating group) is 1. The number of nitrogens with one attached hydrogen (secondary N) is 1. The van der Waals surface area contributed by atoms with E-state index in [9.17, 15) is 24.5 Å². The number of nitro groups is 1. The molecule has 12 nitrogen and oxygen atoms in total. The number of amides is 2. The number of carbonyl (C=O) groups excluding carboxylic acids is 1. The molecule has 13 heteroatoms. The van der Waals surface area contributed by atoms with Gasteiger partial charge in [0.15, 0.2) is 0 Å². The second-order valence-electron chi connectivity index (χ2n) is 7.17. The van der Waals surface area contributed by atoms with Crippen LogP contribution in [0, 0.1) is 10.1 Å². The van der Waals surface area contributed by atoms with E-state index in [0.29, 0.717) is 42.4 Å². The van der Waals surface area contributed by atoms with Gasteiger partial charge in [-0.15, -0.1) is 11.8 Å². The van der Waals surface area contributed by atoms with E-state index in [-0.39, 0.29) is 18.7 Å². The minimum absolute atomic E-state index is 0.160. The molecule has 0 bridgehead atoms. The first-order valence-corrected chi connectivity index (χ1v) is 11.8. The van der Waals surface area contributed by atoms with Gasteiger partial charge < -0.3 is 19.6 Å². The lowest BCUT2D eigenvalue weighted by molar-refractivity contribution is -0.403. The van der Waals surface area contributed by atoms with Crippen LogP contribution in [0.25, 0.3) is 0 Å². The maximum Gasteiger partial charge on any atom is 0.407 e. The number of rotatable bonds is 9. The van der Waals surface area contributed by atoms with E-state index in [2.05, 4.69) is 10.2 Å². The Morgan fingerprint density at radius 2 is 2.14 bits per heavy atom. The van der Waals surface area contributed by atoms with E-state index in [1.807, 2.05) is 30.3 Å². The molecule has 2 N–H and O–H groups in total. The third-order valence-electron chi connectivity index (χ3n) is 4.75. The molecule has 35 heavy (non-hydrogen) atoms. The highest BCUT2D eigenvalue weighted by Crippen LogP contribution is 2.25. The van der Waals surface area contributed by atoms with E-state index in [1.54, 1.807) is 6.92 Å². The van der Waals surface area contributed by atoms with Gasteiger partial charge in [0, 0.05) is 31.3 Å². The third kappa shape index (κ3) is 9.49. The smallest absolute Gasteiger partial charge is 0.407 e. The Balaban J connectivity index is 0.000000303. The quantitative estimate of drug-likeness (QED) is 0.296. The number of aromatic amines is 1. The largest absolute Gasteiger partial charge is 0.490 e. The van der Waals surface area contributed by atoms with Crippen molar-refractivity contribution in [2.45, 2.75) is 19.8 Å². The summed E-state index contributed by atoms with van der Waals surface area (Å²) in [5.74, 6) is 1.21. The molecule has 0 aliphatic carbocycles. The summed E-state index contributed by atoms with van der Waals surface area (Å²) < 4.78 is 5.59. The van der Waals surface area contributed by atoms with Crippen LogP contribution < -0.4 is 10.3 Å². The molecule has 188 valence electrons. The molecule has 0 radical (unpaired) electrons. The summed E-state index contributed by atoms with van der Waals surface area (Å²) in [6.07, 6.45) is 1.91. The zero-order valence-corrected chi connectivity index (χ0v) is 20.0. The fraction of sp³-hybridized carbons (Fsp3) is 0.364. The topological polar surface area (TPSA) is 159 Å². The van der Waals surface area contributed by atoms with Gasteiger partial charge in [0.25, 0.3) is 11.8 Å². The predicted molar refractivity (Wildman–Crippen MR) is 130 cm³/mol. The van der Waals surface area contributed by atoms with Crippen molar-refractivity contribution in [2.24, 2.45) is 0 Å². The molecule has 1 aliphatic heterocycles. The number of aromatic nitrogens is 2. The van der Waals surface area contributed by atoms with Crippen LogP contribution in [-0.4, -0.2) is 74.5 Å². The van der Waals surface area contributed by atoms with Crippen molar-refractivity contribution in [3.8, 4) is 5.75 Å². The molecule has 2 amide bonds. The second kappa shape index (κ2) is 14.4. The molecule has 0 spiro atoms. The van der Waals surface area contributed by atoms with Gasteiger partial charge >= 0.3 is 6.09 Å². The Bertz CT molecular complexity index is 1080. The summed E-state index contributed by atoms with van der Waals surface area (Å²) in [7, 11) is 0. The number of benzene rings is 1. The first-order chi connectivity index (χ1) is 16.8. The van der Waals surface area contributed by atoms with Crippen LogP contribution in [0.4, 0.5) is 4.79 Å². The number of H-pyrrole nitrogens is 1. The van der Waals surface area contributed by atoms with Gasteiger partial charge in [0.05, 0.1) is 11.5 Å². The number of hydrogen-bond donors (Lipinski definition) is 2. The molecule has 1 aromatic heterocycles. The Morgan fingerprint density at radius 1 is 1.40 bits per heavy atom. The summed E-state index contributed by atoms with van der Waals surface area (Å²) in [5.41, 5.74) is 1.29. The molecule has 1 aromatic carbocycles. The monoisotopic (exact) mass is 505 g/mol. The van der Waals surface area contributed by atoms with Crippen LogP contribution in [0.15, 0.2) is 52.4 Å². The lowest BCUT2D eigenvalue weighted by Crippen LogP contribution is -2.33. The molecule has 2 aromatic rings. The highest BCUT2D eigenvalue weighted by molar-refractivity contribution is 8.03. The van der Waals surface area contributed by atoms with Gasteiger partial charge in [0.2, 0.25) is 6.41 Å². The fourth-order valence-electron chi connectivity index (χ4n) is 3.02. The highest BCUT2D eigenvalue weighted by Gasteiger charge is 2.17. The number of carboxylic acid groups (broad SMARTS) is 1. The molecule has 2 heterocycles. The van der Waals surface area contributed by atoms with Gasteiger partial charge in [-0.25, -0.2) is 9.89 Å². The van der Waals surface area contributed by atoms with Gasteiger partial charge in [-0.1, -0.05) is 30.3 Å². The zero-order valence-electron chi connectivity index (χ0n) is 19.2. The average Bonchev–Trinajstić information content (AvgIpc) is 2.84. The van der Waals surface area contributed by atoms with Crippen molar-refractivity contribution in [3.63, 3.8) is 0 Å². The van der Waals surface area contributed by atoms with Crippen molar-refractivity contribution < 1.29 is 24.4 Å². The molecule has 0 atom stereocenters. The van der Waals surface area contributed by atoms with Gasteiger partial charge in [0.1, 0.15) is 23.1 Å². The van der Waals surface area contributed by atoms with E-state index < -0.39 is 11.0 Å². The molecule has 0 saturated carbocycles. The number of carbonyl (C=O) groups is 2. The number of nitrogens with zero attached hydrogens (tertiary/aromatic N) is 4. The predicted octanol–water partition coefficient (Wildman–Crippen LogP) is 2.40.